The van der Waals surface area contributed by atoms with E-state index in [1.54, 1.807) is 0 Å². The fraction of sp³-hybridized carbons (Fsp3) is 0.0952. The van der Waals surface area contributed by atoms with Crippen LogP contribution in [0.2, 0.25) is 0 Å². The Balaban J connectivity index is 0.000000847. The summed E-state index contributed by atoms with van der Waals surface area (Å²) in [4.78, 5) is 0. The van der Waals surface area contributed by atoms with Crippen LogP contribution >= 0.6 is 6.89 Å². The SMILES string of the molecule is C=P(c1ccccc1)(c1ccccc1)c1ccccc1.CC. The lowest BCUT2D eigenvalue weighted by Crippen LogP contribution is -2.25. The van der Waals surface area contributed by atoms with E-state index in [1.807, 2.05) is 13.8 Å². The molecule has 0 fully saturated rings. The molecule has 0 amide bonds. The molecule has 22 heavy (non-hydrogen) atoms. The lowest BCUT2D eigenvalue weighted by atomic mass is 10.4. The maximum Gasteiger partial charge on any atom is -0.0166 e. The first-order chi connectivity index (χ1) is 10.8. The molecule has 0 N–H and O–H groups in total. The second-order valence-electron chi connectivity index (χ2n) is 4.82. The highest BCUT2D eigenvalue weighted by Crippen LogP contribution is 2.41. The fourth-order valence-corrected chi connectivity index (χ4v) is 5.43. The van der Waals surface area contributed by atoms with E-state index in [1.165, 1.54) is 15.9 Å². The summed E-state index contributed by atoms with van der Waals surface area (Å²) < 4.78 is 0. The third-order valence-electron chi connectivity index (χ3n) is 3.59. The highest BCUT2D eigenvalue weighted by atomic mass is 31.2. The molecule has 3 rings (SSSR count). The van der Waals surface area contributed by atoms with Crippen LogP contribution in [0.5, 0.6) is 0 Å². The lowest BCUT2D eigenvalue weighted by molar-refractivity contribution is 1.50. The van der Waals surface area contributed by atoms with Crippen molar-refractivity contribution in [3.63, 3.8) is 0 Å². The minimum Gasteiger partial charge on any atom is -0.0887 e. The molecule has 0 aliphatic heterocycles. The third kappa shape index (κ3) is 3.24. The first-order valence-electron chi connectivity index (χ1n) is 7.72. The van der Waals surface area contributed by atoms with E-state index in [4.69, 9.17) is 6.30 Å². The largest absolute Gasteiger partial charge is 0.0887 e. The quantitative estimate of drug-likeness (QED) is 0.628. The van der Waals surface area contributed by atoms with Crippen LogP contribution in [0.3, 0.4) is 0 Å². The fourth-order valence-electron chi connectivity index (χ4n) is 2.49. The summed E-state index contributed by atoms with van der Waals surface area (Å²) >= 11 is 0. The second-order valence-corrected chi connectivity index (χ2v) is 7.99. The van der Waals surface area contributed by atoms with Crippen molar-refractivity contribution in [2.45, 2.75) is 13.8 Å². The molecule has 0 aliphatic rings. The molecule has 0 saturated heterocycles. The summed E-state index contributed by atoms with van der Waals surface area (Å²) in [5.74, 6) is 0. The molecule has 0 atom stereocenters. The zero-order chi connectivity index (χ0) is 15.8. The Morgan fingerprint density at radius 1 is 0.500 bits per heavy atom. The summed E-state index contributed by atoms with van der Waals surface area (Å²) in [6, 6.07) is 31.9. The molecule has 3 aromatic carbocycles. The Morgan fingerprint density at radius 2 is 0.727 bits per heavy atom. The monoisotopic (exact) mass is 306 g/mol. The Labute approximate surface area is 134 Å². The molecule has 0 radical (unpaired) electrons. The highest BCUT2D eigenvalue weighted by Gasteiger charge is 2.21. The number of benzene rings is 3. The van der Waals surface area contributed by atoms with Crippen LogP contribution in [0, 0.1) is 0 Å². The van der Waals surface area contributed by atoms with Crippen LogP contribution in [-0.4, -0.2) is 6.30 Å². The Hall–Kier alpha value is -2.04. The number of hydrogen-bond donors (Lipinski definition) is 0. The van der Waals surface area contributed by atoms with Crippen LogP contribution in [-0.2, 0) is 0 Å². The summed E-state index contributed by atoms with van der Waals surface area (Å²) in [6.07, 6.45) is 4.69. The Bertz CT molecular complexity index is 612. The van der Waals surface area contributed by atoms with Crippen molar-refractivity contribution in [3.8, 4) is 0 Å². The molecule has 1 heteroatoms. The van der Waals surface area contributed by atoms with Crippen molar-refractivity contribution >= 4 is 29.1 Å². The molecule has 0 aliphatic carbocycles. The van der Waals surface area contributed by atoms with Gasteiger partial charge in [-0.15, -0.1) is 0 Å². The minimum absolute atomic E-state index is 1.32. The van der Waals surface area contributed by atoms with Crippen LogP contribution < -0.4 is 15.9 Å². The summed E-state index contributed by atoms with van der Waals surface area (Å²) in [5, 5.41) is 3.95. The third-order valence-corrected chi connectivity index (χ3v) is 7.13. The summed E-state index contributed by atoms with van der Waals surface area (Å²) in [7, 11) is 0. The van der Waals surface area contributed by atoms with Gasteiger partial charge in [0, 0.05) is 0 Å². The van der Waals surface area contributed by atoms with Crippen molar-refractivity contribution in [1.82, 2.24) is 0 Å². The Morgan fingerprint density at radius 3 is 0.955 bits per heavy atom. The minimum atomic E-state index is -1.78. The van der Waals surface area contributed by atoms with Crippen molar-refractivity contribution < 1.29 is 0 Å². The highest BCUT2D eigenvalue weighted by molar-refractivity contribution is 7.93. The number of rotatable bonds is 3. The maximum atomic E-state index is 4.69. The standard InChI is InChI=1S/C19H17P.C2H6/c1-20(17-11-5-2-6-12-17,18-13-7-3-8-14-18)19-15-9-4-10-16-19;1-2/h2-16H,1H2;1-2H3. The van der Waals surface area contributed by atoms with Crippen molar-refractivity contribution in [2.24, 2.45) is 0 Å². The second kappa shape index (κ2) is 7.82. The van der Waals surface area contributed by atoms with Gasteiger partial charge in [0.1, 0.15) is 0 Å². The summed E-state index contributed by atoms with van der Waals surface area (Å²) in [6.45, 7) is 2.22. The van der Waals surface area contributed by atoms with Gasteiger partial charge in [-0.05, 0) is 22.8 Å². The molecule has 0 heterocycles. The van der Waals surface area contributed by atoms with Crippen LogP contribution in [0.15, 0.2) is 91.0 Å². The zero-order valence-electron chi connectivity index (χ0n) is 13.3. The molecular formula is C21H23P. The van der Waals surface area contributed by atoms with Crippen LogP contribution in [0.1, 0.15) is 13.8 Å². The maximum absolute atomic E-state index is 4.69. The van der Waals surface area contributed by atoms with Crippen LogP contribution in [0.4, 0.5) is 0 Å². The van der Waals surface area contributed by atoms with Gasteiger partial charge in [0.2, 0.25) is 0 Å². The van der Waals surface area contributed by atoms with E-state index in [0.717, 1.165) is 0 Å². The van der Waals surface area contributed by atoms with Gasteiger partial charge in [-0.2, -0.15) is 0 Å². The molecule has 112 valence electrons. The molecule has 3 aromatic rings. The molecule has 0 spiro atoms. The smallest absolute Gasteiger partial charge is 0.0166 e. The van der Waals surface area contributed by atoms with E-state index >= 15 is 0 Å². The van der Waals surface area contributed by atoms with Crippen molar-refractivity contribution in [1.29, 1.82) is 0 Å². The first kappa shape index (κ1) is 16.3. The van der Waals surface area contributed by atoms with Gasteiger partial charge < -0.3 is 0 Å². The van der Waals surface area contributed by atoms with E-state index in [2.05, 4.69) is 91.0 Å². The van der Waals surface area contributed by atoms with E-state index < -0.39 is 6.89 Å². The summed E-state index contributed by atoms with van der Waals surface area (Å²) in [5.41, 5.74) is 0. The zero-order valence-corrected chi connectivity index (χ0v) is 14.2. The Kier molecular flexibility index (Phi) is 5.81. The van der Waals surface area contributed by atoms with Gasteiger partial charge in [0.15, 0.2) is 0 Å². The van der Waals surface area contributed by atoms with E-state index in [9.17, 15) is 0 Å². The predicted molar refractivity (Wildman–Crippen MR) is 104 cm³/mol. The van der Waals surface area contributed by atoms with Crippen molar-refractivity contribution in [2.75, 3.05) is 0 Å². The molecule has 0 nitrogen and oxygen atoms in total. The topological polar surface area (TPSA) is 0 Å². The average molecular weight is 306 g/mol. The number of hydrogen-bond acceptors (Lipinski definition) is 0. The van der Waals surface area contributed by atoms with Gasteiger partial charge in [-0.3, -0.25) is 0 Å². The average Bonchev–Trinajstić information content (AvgIpc) is 2.65. The molecule has 0 saturated carbocycles. The predicted octanol–water partition coefficient (Wildman–Crippen LogP) is 4.44. The van der Waals surface area contributed by atoms with Gasteiger partial charge in [-0.25, -0.2) is 0 Å². The molecule has 0 unspecified atom stereocenters. The first-order valence-corrected chi connectivity index (χ1v) is 9.69. The van der Waals surface area contributed by atoms with Gasteiger partial charge in [0.05, 0.1) is 0 Å². The molecule has 0 aromatic heterocycles. The molecular weight excluding hydrogens is 283 g/mol. The van der Waals surface area contributed by atoms with Gasteiger partial charge in [0.25, 0.3) is 0 Å². The van der Waals surface area contributed by atoms with Crippen LogP contribution in [0.25, 0.3) is 0 Å². The van der Waals surface area contributed by atoms with Crippen molar-refractivity contribution in [3.05, 3.63) is 91.0 Å². The van der Waals surface area contributed by atoms with Gasteiger partial charge in [-0.1, -0.05) is 111 Å². The van der Waals surface area contributed by atoms with Gasteiger partial charge >= 0.3 is 0 Å². The van der Waals surface area contributed by atoms with E-state index in [-0.39, 0.29) is 0 Å². The van der Waals surface area contributed by atoms with E-state index in [0.29, 0.717) is 0 Å². The lowest BCUT2D eigenvalue weighted by Gasteiger charge is -2.26. The molecule has 0 bridgehead atoms. The normalized spacial score (nSPS) is 10.5.